The van der Waals surface area contributed by atoms with Crippen LogP contribution in [0.2, 0.25) is 0 Å². The van der Waals surface area contributed by atoms with E-state index in [0.717, 1.165) is 34.6 Å². The Hall–Kier alpha value is -2.08. The number of urea groups is 1. The number of hydrogen-bond donors (Lipinski definition) is 2. The zero-order valence-corrected chi connectivity index (χ0v) is 14.3. The summed E-state index contributed by atoms with van der Waals surface area (Å²) in [6.07, 6.45) is 0.976. The number of ether oxygens (including phenoxy) is 1. The number of amides is 3. The zero-order valence-electron chi connectivity index (χ0n) is 14.3. The first-order chi connectivity index (χ1) is 11.3. The molecule has 1 aliphatic heterocycles. The number of aliphatic hydroxyl groups excluding tert-OH is 1. The van der Waals surface area contributed by atoms with E-state index in [9.17, 15) is 14.7 Å². The van der Waals surface area contributed by atoms with E-state index in [1.165, 1.54) is 0 Å². The van der Waals surface area contributed by atoms with Crippen LogP contribution in [0.4, 0.5) is 4.79 Å². The first kappa shape index (κ1) is 16.8. The lowest BCUT2D eigenvalue weighted by Gasteiger charge is -2.22. The molecule has 0 unspecified atom stereocenters. The van der Waals surface area contributed by atoms with E-state index >= 15 is 0 Å². The molecular weight excluding hydrogens is 308 g/mol. The van der Waals surface area contributed by atoms with Crippen molar-refractivity contribution in [2.75, 3.05) is 13.2 Å². The molecule has 0 aromatic heterocycles. The third kappa shape index (κ3) is 2.98. The molecule has 2 fully saturated rings. The first-order valence-electron chi connectivity index (χ1n) is 8.34. The molecule has 1 saturated carbocycles. The molecule has 2 N–H and O–H groups in total. The summed E-state index contributed by atoms with van der Waals surface area (Å²) in [7, 11) is 0. The maximum atomic E-state index is 12.5. The number of nitrogens with one attached hydrogen (secondary N) is 1. The number of hydrogen-bond acceptors (Lipinski definition) is 4. The number of imide groups is 1. The molecule has 1 aliphatic carbocycles. The minimum absolute atomic E-state index is 0.0307. The van der Waals surface area contributed by atoms with E-state index in [4.69, 9.17) is 4.74 Å². The summed E-state index contributed by atoms with van der Waals surface area (Å²) in [5.74, 6) is 0.694. The number of benzene rings is 1. The van der Waals surface area contributed by atoms with Crippen LogP contribution >= 0.6 is 0 Å². The van der Waals surface area contributed by atoms with Gasteiger partial charge in [-0.2, -0.15) is 0 Å². The predicted molar refractivity (Wildman–Crippen MR) is 88.8 cm³/mol. The highest BCUT2D eigenvalue weighted by Gasteiger charge is 2.56. The summed E-state index contributed by atoms with van der Waals surface area (Å²) in [5.41, 5.74) is 1.15. The Balaban J connectivity index is 1.60. The Bertz CT molecular complexity index is 651. The molecule has 130 valence electrons. The summed E-state index contributed by atoms with van der Waals surface area (Å²) >= 11 is 0. The summed E-state index contributed by atoms with van der Waals surface area (Å²) in [4.78, 5) is 25.7. The van der Waals surface area contributed by atoms with Gasteiger partial charge in [0.15, 0.2) is 0 Å². The van der Waals surface area contributed by atoms with Gasteiger partial charge in [-0.15, -0.1) is 0 Å². The van der Waals surface area contributed by atoms with E-state index in [-0.39, 0.29) is 25.0 Å². The lowest BCUT2D eigenvalue weighted by Crippen LogP contribution is -2.46. The molecule has 1 aromatic carbocycles. The van der Waals surface area contributed by atoms with Crippen LogP contribution in [0.1, 0.15) is 30.9 Å². The number of carbonyl (C=O) groups is 2. The number of aliphatic hydroxyl groups is 1. The van der Waals surface area contributed by atoms with Crippen LogP contribution in [0.15, 0.2) is 18.2 Å². The SMILES string of the molecule is Cc1cccc(C)c1OC[C@@H](O)CN1C(=O)N[C@@](C)(C2CC2)C1=O. The highest BCUT2D eigenvalue weighted by molar-refractivity contribution is 6.07. The summed E-state index contributed by atoms with van der Waals surface area (Å²) in [5, 5.41) is 13.0. The lowest BCUT2D eigenvalue weighted by atomic mass is 9.96. The van der Waals surface area contributed by atoms with Gasteiger partial charge in [-0.05, 0) is 50.7 Å². The van der Waals surface area contributed by atoms with Crippen LogP contribution < -0.4 is 10.1 Å². The number of carbonyl (C=O) groups excluding carboxylic acids is 2. The van der Waals surface area contributed by atoms with Gasteiger partial charge < -0.3 is 15.2 Å². The highest BCUT2D eigenvalue weighted by Crippen LogP contribution is 2.42. The molecule has 0 spiro atoms. The normalized spacial score (nSPS) is 24.9. The molecule has 2 atom stereocenters. The van der Waals surface area contributed by atoms with Crippen LogP contribution in [0.5, 0.6) is 5.75 Å². The lowest BCUT2D eigenvalue weighted by molar-refractivity contribution is -0.132. The van der Waals surface area contributed by atoms with Crippen molar-refractivity contribution in [1.29, 1.82) is 0 Å². The van der Waals surface area contributed by atoms with Crippen LogP contribution in [-0.4, -0.2) is 46.7 Å². The molecule has 3 rings (SSSR count). The fraction of sp³-hybridized carbons (Fsp3) is 0.556. The van der Waals surface area contributed by atoms with Gasteiger partial charge in [0.05, 0.1) is 6.54 Å². The number of para-hydroxylation sites is 1. The first-order valence-corrected chi connectivity index (χ1v) is 8.34. The van der Waals surface area contributed by atoms with Crippen LogP contribution in [-0.2, 0) is 4.79 Å². The van der Waals surface area contributed by atoms with Gasteiger partial charge in [0.1, 0.15) is 24.0 Å². The molecule has 2 aliphatic rings. The average Bonchev–Trinajstić information content (AvgIpc) is 3.33. The maximum absolute atomic E-state index is 12.5. The number of rotatable bonds is 6. The standard InChI is InChI=1S/C18H24N2O4/c1-11-5-4-6-12(2)15(11)24-10-14(21)9-20-16(22)18(3,13-7-8-13)19-17(20)23/h4-6,13-14,21H,7-10H2,1-3H3,(H,19,23)/t14-,18-/m0/s1. The van der Waals surface area contributed by atoms with E-state index in [0.29, 0.717) is 0 Å². The van der Waals surface area contributed by atoms with E-state index < -0.39 is 17.7 Å². The monoisotopic (exact) mass is 332 g/mol. The average molecular weight is 332 g/mol. The zero-order chi connectivity index (χ0) is 17.5. The number of nitrogens with zero attached hydrogens (tertiary/aromatic N) is 1. The van der Waals surface area contributed by atoms with Crippen molar-refractivity contribution in [3.8, 4) is 5.75 Å². The molecule has 3 amide bonds. The molecule has 0 radical (unpaired) electrons. The van der Waals surface area contributed by atoms with Crippen molar-refractivity contribution in [2.24, 2.45) is 5.92 Å². The Morgan fingerprint density at radius 2 is 1.96 bits per heavy atom. The summed E-state index contributed by atoms with van der Waals surface area (Å²) in [6.45, 7) is 5.62. The molecule has 1 aromatic rings. The molecule has 24 heavy (non-hydrogen) atoms. The van der Waals surface area contributed by atoms with E-state index in [1.54, 1.807) is 6.92 Å². The topological polar surface area (TPSA) is 78.9 Å². The smallest absolute Gasteiger partial charge is 0.325 e. The van der Waals surface area contributed by atoms with E-state index in [2.05, 4.69) is 5.32 Å². The van der Waals surface area contributed by atoms with Crippen molar-refractivity contribution < 1.29 is 19.4 Å². The molecule has 6 heteroatoms. The van der Waals surface area contributed by atoms with Crippen molar-refractivity contribution in [2.45, 2.75) is 45.3 Å². The van der Waals surface area contributed by atoms with Gasteiger partial charge in [0.25, 0.3) is 5.91 Å². The predicted octanol–water partition coefficient (Wildman–Crippen LogP) is 1.76. The second-order valence-corrected chi connectivity index (χ2v) is 7.01. The molecular formula is C18H24N2O4. The minimum Gasteiger partial charge on any atom is -0.490 e. The second kappa shape index (κ2) is 6.09. The summed E-state index contributed by atoms with van der Waals surface area (Å²) < 4.78 is 5.70. The number of β-amino-alcohol motifs (C(OH)–C–C–N with tert-alkyl or cyclic N) is 1. The maximum Gasteiger partial charge on any atom is 0.325 e. The minimum atomic E-state index is -0.930. The highest BCUT2D eigenvalue weighted by atomic mass is 16.5. The summed E-state index contributed by atoms with van der Waals surface area (Å²) in [6, 6.07) is 5.39. The van der Waals surface area contributed by atoms with Gasteiger partial charge in [0.2, 0.25) is 0 Å². The van der Waals surface area contributed by atoms with Crippen molar-refractivity contribution in [3.63, 3.8) is 0 Å². The quantitative estimate of drug-likeness (QED) is 0.778. The van der Waals surface area contributed by atoms with Crippen LogP contribution in [0.3, 0.4) is 0 Å². The fourth-order valence-electron chi connectivity index (χ4n) is 3.29. The fourth-order valence-corrected chi connectivity index (χ4v) is 3.29. The van der Waals surface area contributed by atoms with E-state index in [1.807, 2.05) is 32.0 Å². The van der Waals surface area contributed by atoms with Crippen molar-refractivity contribution in [1.82, 2.24) is 10.2 Å². The molecule has 6 nitrogen and oxygen atoms in total. The molecule has 1 saturated heterocycles. The Morgan fingerprint density at radius 1 is 1.33 bits per heavy atom. The van der Waals surface area contributed by atoms with Gasteiger partial charge >= 0.3 is 6.03 Å². The van der Waals surface area contributed by atoms with Gasteiger partial charge in [-0.3, -0.25) is 9.69 Å². The van der Waals surface area contributed by atoms with Crippen molar-refractivity contribution >= 4 is 11.9 Å². The third-order valence-corrected chi connectivity index (χ3v) is 4.92. The second-order valence-electron chi connectivity index (χ2n) is 7.01. The molecule has 1 heterocycles. The van der Waals surface area contributed by atoms with Crippen LogP contribution in [0, 0.1) is 19.8 Å². The van der Waals surface area contributed by atoms with Gasteiger partial charge in [-0.1, -0.05) is 18.2 Å². The molecule has 0 bridgehead atoms. The Morgan fingerprint density at radius 3 is 2.54 bits per heavy atom. The van der Waals surface area contributed by atoms with Crippen molar-refractivity contribution in [3.05, 3.63) is 29.3 Å². The number of aryl methyl sites for hydroxylation is 2. The Labute approximate surface area is 141 Å². The largest absolute Gasteiger partial charge is 0.490 e. The third-order valence-electron chi connectivity index (χ3n) is 4.92. The van der Waals surface area contributed by atoms with Crippen LogP contribution in [0.25, 0.3) is 0 Å². The van der Waals surface area contributed by atoms with Gasteiger partial charge in [-0.25, -0.2) is 4.79 Å². The Kier molecular flexibility index (Phi) is 4.25. The van der Waals surface area contributed by atoms with Gasteiger partial charge in [0, 0.05) is 0 Å².